The molecule has 0 aliphatic heterocycles. The normalized spacial score (nSPS) is 10.2. The van der Waals surface area contributed by atoms with Crippen LogP contribution in [0.1, 0.15) is 11.4 Å². The summed E-state index contributed by atoms with van der Waals surface area (Å²) in [5, 5.41) is 6.89. The van der Waals surface area contributed by atoms with E-state index in [2.05, 4.69) is 10.2 Å². The molecule has 2 rings (SSSR count). The number of anilines is 1. The molecule has 1 amide bonds. The Kier molecular flexibility index (Phi) is 3.23. The minimum absolute atomic E-state index is 0.0303. The van der Waals surface area contributed by atoms with Gasteiger partial charge in [0.25, 0.3) is 0 Å². The Bertz CT molecular complexity index is 504. The number of rotatable bonds is 3. The number of aromatic amines is 1. The van der Waals surface area contributed by atoms with E-state index in [1.807, 2.05) is 43.3 Å². The largest absolute Gasteiger partial charge is 0.315 e. The second-order valence-corrected chi connectivity index (χ2v) is 4.01. The predicted molar refractivity (Wildman–Crippen MR) is 66.9 cm³/mol. The number of H-pyrrole nitrogens is 1. The van der Waals surface area contributed by atoms with E-state index in [0.717, 1.165) is 17.1 Å². The fourth-order valence-corrected chi connectivity index (χ4v) is 1.63. The first-order chi connectivity index (χ1) is 8.16. The van der Waals surface area contributed by atoms with Crippen molar-refractivity contribution in [3.63, 3.8) is 0 Å². The third kappa shape index (κ3) is 2.72. The summed E-state index contributed by atoms with van der Waals surface area (Å²) in [5.74, 6) is 0.0303. The summed E-state index contributed by atoms with van der Waals surface area (Å²) in [5.41, 5.74) is 2.63. The van der Waals surface area contributed by atoms with E-state index in [1.165, 1.54) is 0 Å². The molecule has 0 saturated carbocycles. The van der Waals surface area contributed by atoms with Crippen LogP contribution in [0.25, 0.3) is 0 Å². The monoisotopic (exact) mass is 229 g/mol. The molecule has 4 nitrogen and oxygen atoms in total. The Hall–Kier alpha value is -2.10. The van der Waals surface area contributed by atoms with Crippen molar-refractivity contribution in [2.45, 2.75) is 13.3 Å². The lowest BCUT2D eigenvalue weighted by Crippen LogP contribution is -2.27. The maximum absolute atomic E-state index is 12.0. The van der Waals surface area contributed by atoms with Crippen LogP contribution in [0.5, 0.6) is 0 Å². The van der Waals surface area contributed by atoms with Gasteiger partial charge in [-0.1, -0.05) is 18.2 Å². The number of nitrogens with one attached hydrogen (secondary N) is 1. The number of para-hydroxylation sites is 1. The first-order valence-corrected chi connectivity index (χ1v) is 5.49. The second kappa shape index (κ2) is 4.82. The third-order valence-electron chi connectivity index (χ3n) is 2.61. The number of benzene rings is 1. The molecule has 0 saturated heterocycles. The first-order valence-electron chi connectivity index (χ1n) is 5.49. The Labute approximate surface area is 100 Å². The Morgan fingerprint density at radius 3 is 2.65 bits per heavy atom. The average Bonchev–Trinajstić information content (AvgIpc) is 2.75. The Balaban J connectivity index is 2.06. The molecule has 1 N–H and O–H groups in total. The molecule has 2 aromatic rings. The van der Waals surface area contributed by atoms with Gasteiger partial charge in [0.15, 0.2) is 0 Å². The van der Waals surface area contributed by atoms with Gasteiger partial charge in [0.1, 0.15) is 0 Å². The fraction of sp³-hybridized carbons (Fsp3) is 0.231. The SMILES string of the molecule is Cc1cc(CC(=O)N(C)c2ccccc2)n[nH]1. The standard InChI is InChI=1S/C13H15N3O/c1-10-8-11(15-14-10)9-13(17)16(2)12-6-4-3-5-7-12/h3-8H,9H2,1-2H3,(H,14,15). The maximum atomic E-state index is 12.0. The molecule has 0 bridgehead atoms. The van der Waals surface area contributed by atoms with Crippen molar-refractivity contribution in [1.29, 1.82) is 0 Å². The van der Waals surface area contributed by atoms with Gasteiger partial charge in [-0.15, -0.1) is 0 Å². The van der Waals surface area contributed by atoms with Gasteiger partial charge in [-0.2, -0.15) is 5.10 Å². The van der Waals surface area contributed by atoms with Crippen LogP contribution in [0.2, 0.25) is 0 Å². The number of amides is 1. The molecular formula is C13H15N3O. The summed E-state index contributed by atoms with van der Waals surface area (Å²) >= 11 is 0. The van der Waals surface area contributed by atoms with Crippen molar-refractivity contribution in [1.82, 2.24) is 10.2 Å². The molecule has 1 heterocycles. The molecule has 0 atom stereocenters. The molecule has 88 valence electrons. The summed E-state index contributed by atoms with van der Waals surface area (Å²) < 4.78 is 0. The summed E-state index contributed by atoms with van der Waals surface area (Å²) in [4.78, 5) is 13.6. The minimum atomic E-state index is 0.0303. The zero-order valence-electron chi connectivity index (χ0n) is 9.97. The summed E-state index contributed by atoms with van der Waals surface area (Å²) in [6, 6.07) is 11.5. The molecule has 0 fully saturated rings. The number of nitrogens with zero attached hydrogens (tertiary/aromatic N) is 2. The number of hydrogen-bond acceptors (Lipinski definition) is 2. The topological polar surface area (TPSA) is 49.0 Å². The number of carbonyl (C=O) groups excluding carboxylic acids is 1. The maximum Gasteiger partial charge on any atom is 0.232 e. The predicted octanol–water partition coefficient (Wildman–Crippen LogP) is 1.92. The lowest BCUT2D eigenvalue weighted by molar-refractivity contribution is -0.117. The highest BCUT2D eigenvalue weighted by Crippen LogP contribution is 2.12. The van der Waals surface area contributed by atoms with Crippen LogP contribution in [-0.4, -0.2) is 23.2 Å². The van der Waals surface area contributed by atoms with E-state index in [4.69, 9.17) is 0 Å². The molecule has 0 aliphatic carbocycles. The van der Waals surface area contributed by atoms with Crippen molar-refractivity contribution in [3.8, 4) is 0 Å². The van der Waals surface area contributed by atoms with Crippen LogP contribution >= 0.6 is 0 Å². The molecule has 0 unspecified atom stereocenters. The highest BCUT2D eigenvalue weighted by molar-refractivity contribution is 5.93. The van der Waals surface area contributed by atoms with E-state index in [0.29, 0.717) is 6.42 Å². The lowest BCUT2D eigenvalue weighted by atomic mass is 10.2. The van der Waals surface area contributed by atoms with Crippen LogP contribution in [0.4, 0.5) is 5.69 Å². The van der Waals surface area contributed by atoms with E-state index in [9.17, 15) is 4.79 Å². The van der Waals surface area contributed by atoms with Gasteiger partial charge >= 0.3 is 0 Å². The van der Waals surface area contributed by atoms with Gasteiger partial charge < -0.3 is 4.90 Å². The number of carbonyl (C=O) groups is 1. The van der Waals surface area contributed by atoms with Crippen LogP contribution in [0.3, 0.4) is 0 Å². The highest BCUT2D eigenvalue weighted by Gasteiger charge is 2.12. The van der Waals surface area contributed by atoms with Gasteiger partial charge in [0, 0.05) is 18.4 Å². The van der Waals surface area contributed by atoms with Crippen molar-refractivity contribution < 1.29 is 4.79 Å². The number of hydrogen-bond donors (Lipinski definition) is 1. The molecule has 17 heavy (non-hydrogen) atoms. The van der Waals surface area contributed by atoms with E-state index in [-0.39, 0.29) is 5.91 Å². The zero-order chi connectivity index (χ0) is 12.3. The molecule has 4 heteroatoms. The van der Waals surface area contributed by atoms with Gasteiger partial charge in [-0.25, -0.2) is 0 Å². The van der Waals surface area contributed by atoms with Crippen LogP contribution in [0, 0.1) is 6.92 Å². The van der Waals surface area contributed by atoms with Crippen molar-refractivity contribution in [2.24, 2.45) is 0 Å². The van der Waals surface area contributed by atoms with E-state index in [1.54, 1.807) is 11.9 Å². The highest BCUT2D eigenvalue weighted by atomic mass is 16.2. The minimum Gasteiger partial charge on any atom is -0.315 e. The van der Waals surface area contributed by atoms with E-state index >= 15 is 0 Å². The van der Waals surface area contributed by atoms with E-state index < -0.39 is 0 Å². The van der Waals surface area contributed by atoms with Crippen molar-refractivity contribution >= 4 is 11.6 Å². The van der Waals surface area contributed by atoms with Crippen molar-refractivity contribution in [2.75, 3.05) is 11.9 Å². The first kappa shape index (κ1) is 11.4. The fourth-order valence-electron chi connectivity index (χ4n) is 1.63. The van der Waals surface area contributed by atoms with Crippen LogP contribution in [0.15, 0.2) is 36.4 Å². The zero-order valence-corrected chi connectivity index (χ0v) is 9.97. The van der Waals surface area contributed by atoms with Crippen LogP contribution < -0.4 is 4.90 Å². The summed E-state index contributed by atoms with van der Waals surface area (Å²) in [6.07, 6.45) is 0.315. The van der Waals surface area contributed by atoms with Gasteiger partial charge in [-0.05, 0) is 25.1 Å². The van der Waals surface area contributed by atoms with Crippen LogP contribution in [-0.2, 0) is 11.2 Å². The summed E-state index contributed by atoms with van der Waals surface area (Å²) in [6.45, 7) is 1.92. The molecular weight excluding hydrogens is 214 g/mol. The number of aromatic nitrogens is 2. The lowest BCUT2D eigenvalue weighted by Gasteiger charge is -2.16. The van der Waals surface area contributed by atoms with Gasteiger partial charge in [-0.3, -0.25) is 9.89 Å². The average molecular weight is 229 g/mol. The molecule has 0 aliphatic rings. The number of likely N-dealkylation sites (N-methyl/N-ethyl adjacent to an activating group) is 1. The summed E-state index contributed by atoms with van der Waals surface area (Å²) in [7, 11) is 1.77. The Morgan fingerprint density at radius 1 is 1.35 bits per heavy atom. The molecule has 0 radical (unpaired) electrons. The van der Waals surface area contributed by atoms with Gasteiger partial charge in [0.2, 0.25) is 5.91 Å². The van der Waals surface area contributed by atoms with Crippen molar-refractivity contribution in [3.05, 3.63) is 47.8 Å². The van der Waals surface area contributed by atoms with Gasteiger partial charge in [0.05, 0.1) is 12.1 Å². The Morgan fingerprint density at radius 2 is 2.06 bits per heavy atom. The number of aryl methyl sites for hydroxylation is 1. The smallest absolute Gasteiger partial charge is 0.232 e. The quantitative estimate of drug-likeness (QED) is 0.874. The second-order valence-electron chi connectivity index (χ2n) is 4.01. The molecule has 1 aromatic carbocycles. The molecule has 0 spiro atoms. The third-order valence-corrected chi connectivity index (χ3v) is 2.61. The molecule has 1 aromatic heterocycles.